The highest BCUT2D eigenvalue weighted by Gasteiger charge is 2.26. The molecular formula is C21H26N6O. The summed E-state index contributed by atoms with van der Waals surface area (Å²) in [6, 6.07) is 8.41. The molecule has 4 rings (SSSR count). The number of hydrogen-bond donors (Lipinski definition) is 1. The van der Waals surface area contributed by atoms with Gasteiger partial charge in [0.2, 0.25) is 5.91 Å². The number of benzene rings is 1. The van der Waals surface area contributed by atoms with E-state index in [0.29, 0.717) is 12.3 Å². The van der Waals surface area contributed by atoms with Crippen molar-refractivity contribution in [3.63, 3.8) is 0 Å². The topological polar surface area (TPSA) is 79.7 Å². The minimum absolute atomic E-state index is 0.238. The van der Waals surface area contributed by atoms with E-state index in [0.717, 1.165) is 38.9 Å². The number of aryl methyl sites for hydroxylation is 2. The van der Waals surface area contributed by atoms with E-state index in [2.05, 4.69) is 51.5 Å². The SMILES string of the molecule is Cc1ccccc1-c1cn[nH]c1C1CCN(C(=O)CCCn2cncn2)CC1. The maximum absolute atomic E-state index is 12.5. The molecule has 28 heavy (non-hydrogen) atoms. The number of nitrogens with zero attached hydrogens (tertiary/aromatic N) is 5. The zero-order valence-electron chi connectivity index (χ0n) is 16.2. The minimum atomic E-state index is 0.238. The van der Waals surface area contributed by atoms with Crippen LogP contribution in [0, 0.1) is 6.92 Å². The fourth-order valence-corrected chi connectivity index (χ4v) is 4.01. The number of aromatic nitrogens is 5. The molecule has 1 aliphatic rings. The first-order valence-electron chi connectivity index (χ1n) is 9.92. The summed E-state index contributed by atoms with van der Waals surface area (Å²) in [4.78, 5) is 18.4. The summed E-state index contributed by atoms with van der Waals surface area (Å²) in [6.45, 7) is 4.47. The molecule has 1 amide bonds. The van der Waals surface area contributed by atoms with Gasteiger partial charge in [-0.25, -0.2) is 4.98 Å². The Morgan fingerprint density at radius 2 is 2.04 bits per heavy atom. The molecule has 0 saturated carbocycles. The van der Waals surface area contributed by atoms with Crippen LogP contribution in [0.4, 0.5) is 0 Å². The summed E-state index contributed by atoms with van der Waals surface area (Å²) >= 11 is 0. The van der Waals surface area contributed by atoms with Gasteiger partial charge in [-0.15, -0.1) is 0 Å². The molecule has 7 heteroatoms. The van der Waals surface area contributed by atoms with Gasteiger partial charge in [-0.1, -0.05) is 24.3 Å². The van der Waals surface area contributed by atoms with Gasteiger partial charge >= 0.3 is 0 Å². The number of piperidine rings is 1. The molecule has 1 fully saturated rings. The normalized spacial score (nSPS) is 15.1. The Hall–Kier alpha value is -2.96. The van der Waals surface area contributed by atoms with Crippen molar-refractivity contribution in [1.82, 2.24) is 29.9 Å². The third kappa shape index (κ3) is 3.98. The smallest absolute Gasteiger partial charge is 0.222 e. The standard InChI is InChI=1S/C21H26N6O/c1-16-5-2-3-6-18(16)19-13-23-25-21(19)17-8-11-26(12-9-17)20(28)7-4-10-27-15-22-14-24-27/h2-3,5-6,13-15,17H,4,7-12H2,1H3,(H,23,25). The Labute approximate surface area is 164 Å². The Morgan fingerprint density at radius 1 is 1.21 bits per heavy atom. The fraction of sp³-hybridized carbons (Fsp3) is 0.429. The molecule has 1 aliphatic heterocycles. The molecule has 3 aromatic rings. The lowest BCUT2D eigenvalue weighted by Gasteiger charge is -2.32. The van der Waals surface area contributed by atoms with Crippen LogP contribution >= 0.6 is 0 Å². The van der Waals surface area contributed by atoms with Gasteiger partial charge in [0.25, 0.3) is 0 Å². The monoisotopic (exact) mass is 378 g/mol. The van der Waals surface area contributed by atoms with Gasteiger partial charge in [0.15, 0.2) is 0 Å². The van der Waals surface area contributed by atoms with Crippen LogP contribution in [0.2, 0.25) is 0 Å². The molecule has 1 N–H and O–H groups in total. The van der Waals surface area contributed by atoms with Crippen LogP contribution in [0.15, 0.2) is 43.1 Å². The van der Waals surface area contributed by atoms with E-state index in [1.54, 1.807) is 11.0 Å². The number of hydrogen-bond acceptors (Lipinski definition) is 4. The van der Waals surface area contributed by atoms with Crippen LogP contribution < -0.4 is 0 Å². The highest BCUT2D eigenvalue weighted by atomic mass is 16.2. The molecule has 0 radical (unpaired) electrons. The molecule has 146 valence electrons. The van der Waals surface area contributed by atoms with Crippen molar-refractivity contribution in [2.45, 2.75) is 45.1 Å². The molecule has 7 nitrogen and oxygen atoms in total. The number of rotatable bonds is 6. The molecule has 1 aromatic carbocycles. The largest absolute Gasteiger partial charge is 0.343 e. The van der Waals surface area contributed by atoms with Crippen LogP contribution in [-0.2, 0) is 11.3 Å². The van der Waals surface area contributed by atoms with E-state index >= 15 is 0 Å². The second-order valence-corrected chi connectivity index (χ2v) is 7.43. The van der Waals surface area contributed by atoms with Crippen LogP contribution in [0.25, 0.3) is 11.1 Å². The van der Waals surface area contributed by atoms with Crippen molar-refractivity contribution in [2.75, 3.05) is 13.1 Å². The highest BCUT2D eigenvalue weighted by Crippen LogP contribution is 2.35. The summed E-state index contributed by atoms with van der Waals surface area (Å²) < 4.78 is 1.77. The summed E-state index contributed by atoms with van der Waals surface area (Å²) in [7, 11) is 0. The van der Waals surface area contributed by atoms with E-state index in [4.69, 9.17) is 0 Å². The number of aromatic amines is 1. The first-order valence-corrected chi connectivity index (χ1v) is 9.92. The first kappa shape index (κ1) is 18.4. The molecule has 0 aliphatic carbocycles. The quantitative estimate of drug-likeness (QED) is 0.714. The van der Waals surface area contributed by atoms with E-state index in [1.807, 2.05) is 11.1 Å². The van der Waals surface area contributed by atoms with E-state index in [9.17, 15) is 4.79 Å². The van der Waals surface area contributed by atoms with Crippen molar-refractivity contribution in [3.8, 4) is 11.1 Å². The average molecular weight is 378 g/mol. The zero-order valence-corrected chi connectivity index (χ0v) is 16.2. The number of H-pyrrole nitrogens is 1. The predicted molar refractivity (Wildman–Crippen MR) is 107 cm³/mol. The van der Waals surface area contributed by atoms with Gasteiger partial charge in [0.05, 0.1) is 6.20 Å². The van der Waals surface area contributed by atoms with Gasteiger partial charge in [-0.2, -0.15) is 10.2 Å². The summed E-state index contributed by atoms with van der Waals surface area (Å²) in [6.07, 6.45) is 8.42. The maximum atomic E-state index is 12.5. The number of nitrogens with one attached hydrogen (secondary N) is 1. The van der Waals surface area contributed by atoms with Crippen molar-refractivity contribution >= 4 is 5.91 Å². The molecule has 1 saturated heterocycles. The van der Waals surface area contributed by atoms with Crippen molar-refractivity contribution in [3.05, 3.63) is 54.4 Å². The molecule has 0 atom stereocenters. The fourth-order valence-electron chi connectivity index (χ4n) is 4.01. The third-order valence-electron chi connectivity index (χ3n) is 5.60. The molecule has 0 bridgehead atoms. The van der Waals surface area contributed by atoms with E-state index < -0.39 is 0 Å². The maximum Gasteiger partial charge on any atom is 0.222 e. The van der Waals surface area contributed by atoms with E-state index in [1.165, 1.54) is 28.7 Å². The number of amides is 1. The highest BCUT2D eigenvalue weighted by molar-refractivity contribution is 5.76. The number of likely N-dealkylation sites (tertiary alicyclic amines) is 1. The summed E-state index contributed by atoms with van der Waals surface area (Å²) in [5.41, 5.74) is 4.88. The predicted octanol–water partition coefficient (Wildman–Crippen LogP) is 3.16. The zero-order chi connectivity index (χ0) is 19.3. The molecule has 3 heterocycles. The van der Waals surface area contributed by atoms with Crippen LogP contribution in [0.1, 0.15) is 42.9 Å². The average Bonchev–Trinajstić information content (AvgIpc) is 3.40. The lowest BCUT2D eigenvalue weighted by atomic mass is 9.88. The Kier molecular flexibility index (Phi) is 5.50. The van der Waals surface area contributed by atoms with Crippen LogP contribution in [0.3, 0.4) is 0 Å². The van der Waals surface area contributed by atoms with Crippen molar-refractivity contribution < 1.29 is 4.79 Å². The van der Waals surface area contributed by atoms with Crippen molar-refractivity contribution in [2.24, 2.45) is 0 Å². The summed E-state index contributed by atoms with van der Waals surface area (Å²) in [5, 5.41) is 11.6. The van der Waals surface area contributed by atoms with Gasteiger partial charge in [0, 0.05) is 43.2 Å². The lowest BCUT2D eigenvalue weighted by molar-refractivity contribution is -0.132. The third-order valence-corrected chi connectivity index (χ3v) is 5.60. The number of carbonyl (C=O) groups is 1. The second kappa shape index (κ2) is 8.37. The Morgan fingerprint density at radius 3 is 2.79 bits per heavy atom. The van der Waals surface area contributed by atoms with Crippen LogP contribution in [-0.4, -0.2) is 48.9 Å². The minimum Gasteiger partial charge on any atom is -0.343 e. The van der Waals surface area contributed by atoms with Gasteiger partial charge in [0.1, 0.15) is 12.7 Å². The van der Waals surface area contributed by atoms with E-state index in [-0.39, 0.29) is 5.91 Å². The van der Waals surface area contributed by atoms with Gasteiger partial charge in [-0.3, -0.25) is 14.6 Å². The molecule has 2 aromatic heterocycles. The van der Waals surface area contributed by atoms with Crippen molar-refractivity contribution in [1.29, 1.82) is 0 Å². The molecular weight excluding hydrogens is 352 g/mol. The molecule has 0 unspecified atom stereocenters. The summed E-state index contributed by atoms with van der Waals surface area (Å²) in [5.74, 6) is 0.651. The van der Waals surface area contributed by atoms with Crippen LogP contribution in [0.5, 0.6) is 0 Å². The van der Waals surface area contributed by atoms with Gasteiger partial charge < -0.3 is 4.90 Å². The van der Waals surface area contributed by atoms with Gasteiger partial charge in [-0.05, 0) is 37.3 Å². The Balaban J connectivity index is 1.33. The Bertz CT molecular complexity index is 909. The molecule has 0 spiro atoms. The lowest BCUT2D eigenvalue weighted by Crippen LogP contribution is -2.38. The number of carbonyl (C=O) groups excluding carboxylic acids is 1. The second-order valence-electron chi connectivity index (χ2n) is 7.43. The first-order chi connectivity index (χ1) is 13.7.